The second-order valence-corrected chi connectivity index (χ2v) is 6.79. The van der Waals surface area contributed by atoms with Gasteiger partial charge in [-0.3, -0.25) is 4.79 Å². The average molecular weight is 437 g/mol. The van der Waals surface area contributed by atoms with Gasteiger partial charge in [0.15, 0.2) is 6.10 Å². The number of nitrogens with one attached hydrogen (secondary N) is 1. The molecule has 2 aromatic carbocycles. The van der Waals surface area contributed by atoms with Gasteiger partial charge in [-0.2, -0.15) is 0 Å². The molecule has 8 nitrogen and oxygen atoms in total. The van der Waals surface area contributed by atoms with Crippen molar-refractivity contribution in [3.63, 3.8) is 0 Å². The van der Waals surface area contributed by atoms with Gasteiger partial charge in [0.2, 0.25) is 5.88 Å². The molecule has 0 radical (unpaired) electrons. The van der Waals surface area contributed by atoms with E-state index in [4.69, 9.17) is 18.9 Å². The predicted molar refractivity (Wildman–Crippen MR) is 120 cm³/mol. The van der Waals surface area contributed by atoms with Crippen LogP contribution in [-0.2, 0) is 4.79 Å². The number of rotatable bonds is 11. The van der Waals surface area contributed by atoms with E-state index in [0.29, 0.717) is 30.5 Å². The van der Waals surface area contributed by atoms with Gasteiger partial charge in [-0.15, -0.1) is 10.2 Å². The summed E-state index contributed by atoms with van der Waals surface area (Å²) in [6, 6.07) is 18.3. The molecule has 1 heterocycles. The number of ether oxygens (including phenoxy) is 4. The van der Waals surface area contributed by atoms with Crippen LogP contribution in [0.25, 0.3) is 11.3 Å². The maximum absolute atomic E-state index is 12.3. The monoisotopic (exact) mass is 437 g/mol. The fourth-order valence-corrected chi connectivity index (χ4v) is 2.85. The lowest BCUT2D eigenvalue weighted by atomic mass is 10.1. The third-order valence-electron chi connectivity index (χ3n) is 4.48. The van der Waals surface area contributed by atoms with E-state index in [9.17, 15) is 4.79 Å². The lowest BCUT2D eigenvalue weighted by Gasteiger charge is -2.15. The number of methoxy groups -OCH3 is 1. The van der Waals surface area contributed by atoms with Gasteiger partial charge in [0.25, 0.3) is 5.91 Å². The van der Waals surface area contributed by atoms with Crippen LogP contribution in [0.4, 0.5) is 0 Å². The highest BCUT2D eigenvalue weighted by atomic mass is 16.5. The van der Waals surface area contributed by atoms with Crippen LogP contribution in [0, 0.1) is 0 Å². The normalized spacial score (nSPS) is 11.3. The van der Waals surface area contributed by atoms with Gasteiger partial charge < -0.3 is 24.3 Å². The Hall–Kier alpha value is -3.81. The first-order chi connectivity index (χ1) is 15.6. The summed E-state index contributed by atoms with van der Waals surface area (Å²) in [7, 11) is 1.62. The molecule has 0 aliphatic heterocycles. The maximum atomic E-state index is 12.3. The second-order valence-electron chi connectivity index (χ2n) is 6.79. The lowest BCUT2D eigenvalue weighted by Crippen LogP contribution is -2.38. The number of amides is 1. The summed E-state index contributed by atoms with van der Waals surface area (Å²) in [4.78, 5) is 12.3. The number of carbonyl (C=O) groups is 1. The van der Waals surface area contributed by atoms with Crippen LogP contribution >= 0.6 is 0 Å². The first-order valence-electron chi connectivity index (χ1n) is 10.4. The van der Waals surface area contributed by atoms with E-state index in [1.165, 1.54) is 0 Å². The Labute approximate surface area is 187 Å². The zero-order chi connectivity index (χ0) is 22.8. The van der Waals surface area contributed by atoms with Gasteiger partial charge in [0.05, 0.1) is 26.0 Å². The Morgan fingerprint density at radius 2 is 1.75 bits per heavy atom. The molecular formula is C24H27N3O5. The van der Waals surface area contributed by atoms with E-state index in [-0.39, 0.29) is 12.5 Å². The summed E-state index contributed by atoms with van der Waals surface area (Å²) in [6.45, 7) is 4.73. The fourth-order valence-electron chi connectivity index (χ4n) is 2.85. The highest BCUT2D eigenvalue weighted by Gasteiger charge is 2.14. The number of hydrogen-bond donors (Lipinski definition) is 1. The van der Waals surface area contributed by atoms with E-state index < -0.39 is 6.10 Å². The molecule has 32 heavy (non-hydrogen) atoms. The fraction of sp³-hybridized carbons (Fsp3) is 0.292. The van der Waals surface area contributed by atoms with Crippen LogP contribution in [-0.4, -0.2) is 49.1 Å². The molecule has 8 heteroatoms. The Morgan fingerprint density at radius 1 is 0.969 bits per heavy atom. The molecule has 0 aliphatic rings. The van der Waals surface area contributed by atoms with Crippen molar-refractivity contribution in [2.45, 2.75) is 20.0 Å². The molecule has 0 aliphatic carbocycles. The van der Waals surface area contributed by atoms with Crippen LogP contribution in [0.3, 0.4) is 0 Å². The number of aromatic nitrogens is 2. The third kappa shape index (κ3) is 6.60. The standard InChI is InChI=1S/C24H27N3O5/c1-4-30-20-6-5-7-21(16-20)32-17(2)24(28)25-14-15-31-23-13-12-22(26-27-23)18-8-10-19(29-3)11-9-18/h5-13,16-17H,4,14-15H2,1-3H3,(H,25,28). The number of benzene rings is 2. The van der Waals surface area contributed by atoms with Crippen LogP contribution in [0.15, 0.2) is 60.7 Å². The predicted octanol–water partition coefficient (Wildman–Crippen LogP) is 3.51. The molecule has 1 unspecified atom stereocenters. The van der Waals surface area contributed by atoms with Crippen LogP contribution < -0.4 is 24.3 Å². The molecule has 0 bridgehead atoms. The molecule has 0 fully saturated rings. The minimum atomic E-state index is -0.657. The quantitative estimate of drug-likeness (QED) is 0.459. The van der Waals surface area contributed by atoms with Gasteiger partial charge in [-0.25, -0.2) is 0 Å². The molecular weight excluding hydrogens is 410 g/mol. The molecule has 1 aromatic heterocycles. The minimum absolute atomic E-state index is 0.239. The van der Waals surface area contributed by atoms with E-state index >= 15 is 0 Å². The first kappa shape index (κ1) is 22.9. The topological polar surface area (TPSA) is 91.8 Å². The van der Waals surface area contributed by atoms with Crippen molar-refractivity contribution in [1.29, 1.82) is 0 Å². The van der Waals surface area contributed by atoms with Gasteiger partial charge in [0.1, 0.15) is 23.9 Å². The maximum Gasteiger partial charge on any atom is 0.260 e. The summed E-state index contributed by atoms with van der Waals surface area (Å²) in [5.41, 5.74) is 1.66. The second kappa shape index (κ2) is 11.5. The molecule has 1 N–H and O–H groups in total. The average Bonchev–Trinajstić information content (AvgIpc) is 2.82. The van der Waals surface area contributed by atoms with Crippen LogP contribution in [0.2, 0.25) is 0 Å². The molecule has 1 amide bonds. The summed E-state index contributed by atoms with van der Waals surface area (Å²) in [5.74, 6) is 2.19. The molecule has 0 spiro atoms. The van der Waals surface area contributed by atoms with Crippen molar-refractivity contribution in [3.8, 4) is 34.4 Å². The van der Waals surface area contributed by atoms with E-state index in [1.54, 1.807) is 32.2 Å². The van der Waals surface area contributed by atoms with Crippen molar-refractivity contribution in [2.75, 3.05) is 26.9 Å². The zero-order valence-electron chi connectivity index (χ0n) is 18.4. The SMILES string of the molecule is CCOc1cccc(OC(C)C(=O)NCCOc2ccc(-c3ccc(OC)cc3)nn2)c1. The summed E-state index contributed by atoms with van der Waals surface area (Å²) in [6.07, 6.45) is -0.657. The van der Waals surface area contributed by atoms with Gasteiger partial charge in [0, 0.05) is 17.7 Å². The molecule has 0 saturated carbocycles. The largest absolute Gasteiger partial charge is 0.497 e. The van der Waals surface area contributed by atoms with E-state index in [2.05, 4.69) is 15.5 Å². The van der Waals surface area contributed by atoms with Gasteiger partial charge >= 0.3 is 0 Å². The van der Waals surface area contributed by atoms with E-state index in [1.807, 2.05) is 49.4 Å². The van der Waals surface area contributed by atoms with Crippen LogP contribution in [0.5, 0.6) is 23.1 Å². The van der Waals surface area contributed by atoms with Gasteiger partial charge in [-0.1, -0.05) is 6.07 Å². The van der Waals surface area contributed by atoms with E-state index in [0.717, 1.165) is 17.0 Å². The van der Waals surface area contributed by atoms with Crippen LogP contribution in [0.1, 0.15) is 13.8 Å². The Balaban J connectivity index is 1.41. The van der Waals surface area contributed by atoms with Crippen molar-refractivity contribution < 1.29 is 23.7 Å². The summed E-state index contributed by atoms with van der Waals surface area (Å²) in [5, 5.41) is 11.0. The van der Waals surface area contributed by atoms with Crippen molar-refractivity contribution >= 4 is 5.91 Å². The number of nitrogens with zero attached hydrogens (tertiary/aromatic N) is 2. The van der Waals surface area contributed by atoms with Gasteiger partial charge in [-0.05, 0) is 56.3 Å². The summed E-state index contributed by atoms with van der Waals surface area (Å²) >= 11 is 0. The zero-order valence-corrected chi connectivity index (χ0v) is 18.4. The number of hydrogen-bond acceptors (Lipinski definition) is 7. The first-order valence-corrected chi connectivity index (χ1v) is 10.4. The Morgan fingerprint density at radius 3 is 2.44 bits per heavy atom. The van der Waals surface area contributed by atoms with Crippen molar-refractivity contribution in [3.05, 3.63) is 60.7 Å². The molecule has 168 valence electrons. The smallest absolute Gasteiger partial charge is 0.260 e. The highest BCUT2D eigenvalue weighted by molar-refractivity contribution is 5.80. The number of carbonyl (C=O) groups excluding carboxylic acids is 1. The minimum Gasteiger partial charge on any atom is -0.497 e. The summed E-state index contributed by atoms with van der Waals surface area (Å²) < 4.78 is 21.8. The Kier molecular flexibility index (Phi) is 8.25. The third-order valence-corrected chi connectivity index (χ3v) is 4.48. The molecule has 3 rings (SSSR count). The lowest BCUT2D eigenvalue weighted by molar-refractivity contribution is -0.127. The van der Waals surface area contributed by atoms with Crippen molar-refractivity contribution in [1.82, 2.24) is 15.5 Å². The Bertz CT molecular complexity index is 993. The van der Waals surface area contributed by atoms with Crippen molar-refractivity contribution in [2.24, 2.45) is 0 Å². The highest BCUT2D eigenvalue weighted by Crippen LogP contribution is 2.21. The molecule has 3 aromatic rings. The molecule has 0 saturated heterocycles. The molecule has 1 atom stereocenters.